The van der Waals surface area contributed by atoms with E-state index in [1.54, 1.807) is 0 Å². The first-order chi connectivity index (χ1) is 7.65. The van der Waals surface area contributed by atoms with E-state index in [9.17, 15) is 4.79 Å². The Hall–Kier alpha value is -1.02. The predicted molar refractivity (Wildman–Crippen MR) is 64.1 cm³/mol. The molecule has 0 aromatic heterocycles. The zero-order chi connectivity index (χ0) is 11.5. The highest BCUT2D eigenvalue weighted by atomic mass is 35.5. The molecule has 1 aromatic carbocycles. The lowest BCUT2D eigenvalue weighted by molar-refractivity contribution is -0.122. The molecule has 2 rings (SSSR count). The summed E-state index contributed by atoms with van der Waals surface area (Å²) in [4.78, 5) is 11.3. The topological polar surface area (TPSA) is 26.3 Å². The second kappa shape index (κ2) is 4.88. The molecule has 0 bridgehead atoms. The molecule has 2 nitrogen and oxygen atoms in total. The average molecular weight is 239 g/mol. The number of halogens is 1. The SMILES string of the molecule is Cc1ccc(Cl)c(OC2CCCC(=O)C2)c1. The molecular weight excluding hydrogens is 224 g/mol. The van der Waals surface area contributed by atoms with Crippen LogP contribution in [0.25, 0.3) is 0 Å². The minimum atomic E-state index is 0.000509. The molecule has 0 spiro atoms. The predicted octanol–water partition coefficient (Wildman–Crippen LogP) is 3.54. The molecule has 1 atom stereocenters. The fraction of sp³-hybridized carbons (Fsp3) is 0.462. The Morgan fingerprint density at radius 2 is 2.25 bits per heavy atom. The van der Waals surface area contributed by atoms with E-state index in [0.717, 1.165) is 18.4 Å². The minimum Gasteiger partial charge on any atom is -0.488 e. The van der Waals surface area contributed by atoms with Gasteiger partial charge in [0.2, 0.25) is 0 Å². The van der Waals surface area contributed by atoms with Gasteiger partial charge in [0.05, 0.1) is 5.02 Å². The van der Waals surface area contributed by atoms with E-state index < -0.39 is 0 Å². The van der Waals surface area contributed by atoms with Crippen molar-refractivity contribution in [3.8, 4) is 5.75 Å². The van der Waals surface area contributed by atoms with Crippen LogP contribution >= 0.6 is 11.6 Å². The number of carbonyl (C=O) groups is 1. The summed E-state index contributed by atoms with van der Waals surface area (Å²) in [5.41, 5.74) is 1.11. The molecule has 1 unspecified atom stereocenters. The number of aryl methyl sites for hydroxylation is 1. The lowest BCUT2D eigenvalue weighted by Gasteiger charge is -2.22. The van der Waals surface area contributed by atoms with E-state index in [-0.39, 0.29) is 6.10 Å². The zero-order valence-corrected chi connectivity index (χ0v) is 10.1. The Morgan fingerprint density at radius 3 is 3.00 bits per heavy atom. The number of Topliss-reactive ketones (excluding diaryl/α,β-unsaturated/α-hetero) is 1. The summed E-state index contributed by atoms with van der Waals surface area (Å²) >= 11 is 6.04. The van der Waals surface area contributed by atoms with Crippen LogP contribution in [0, 0.1) is 6.92 Å². The second-order valence-corrected chi connectivity index (χ2v) is 4.72. The first kappa shape index (κ1) is 11.5. The monoisotopic (exact) mass is 238 g/mol. The summed E-state index contributed by atoms with van der Waals surface area (Å²) in [6.45, 7) is 2.00. The van der Waals surface area contributed by atoms with Gasteiger partial charge in [0.25, 0.3) is 0 Å². The van der Waals surface area contributed by atoms with Gasteiger partial charge >= 0.3 is 0 Å². The molecular formula is C13H15ClO2. The molecule has 0 aliphatic heterocycles. The molecule has 0 saturated heterocycles. The molecule has 1 aliphatic carbocycles. The lowest BCUT2D eigenvalue weighted by Crippen LogP contribution is -2.25. The van der Waals surface area contributed by atoms with Gasteiger partial charge < -0.3 is 4.74 Å². The normalized spacial score (nSPS) is 20.9. The van der Waals surface area contributed by atoms with Crippen molar-refractivity contribution < 1.29 is 9.53 Å². The first-order valence-corrected chi connectivity index (χ1v) is 5.97. The van der Waals surface area contributed by atoms with Crippen LogP contribution in [0.15, 0.2) is 18.2 Å². The number of rotatable bonds is 2. The molecule has 1 aromatic rings. The summed E-state index contributed by atoms with van der Waals surface area (Å²) in [5, 5.41) is 0.614. The van der Waals surface area contributed by atoms with Crippen LogP contribution in [0.4, 0.5) is 0 Å². The van der Waals surface area contributed by atoms with Gasteiger partial charge in [-0.25, -0.2) is 0 Å². The first-order valence-electron chi connectivity index (χ1n) is 5.59. The van der Waals surface area contributed by atoms with Gasteiger partial charge in [0.15, 0.2) is 0 Å². The van der Waals surface area contributed by atoms with Crippen LogP contribution in [0.3, 0.4) is 0 Å². The van der Waals surface area contributed by atoms with Crippen LogP contribution in [-0.4, -0.2) is 11.9 Å². The Morgan fingerprint density at radius 1 is 1.44 bits per heavy atom. The van der Waals surface area contributed by atoms with E-state index >= 15 is 0 Å². The Bertz CT molecular complexity index is 401. The van der Waals surface area contributed by atoms with Crippen LogP contribution < -0.4 is 4.74 Å². The van der Waals surface area contributed by atoms with Crippen molar-refractivity contribution in [2.75, 3.05) is 0 Å². The van der Waals surface area contributed by atoms with Gasteiger partial charge in [-0.3, -0.25) is 4.79 Å². The van der Waals surface area contributed by atoms with E-state index in [0.29, 0.717) is 29.4 Å². The molecule has 16 heavy (non-hydrogen) atoms. The molecule has 1 saturated carbocycles. The standard InChI is InChI=1S/C13H15ClO2/c1-9-5-6-12(14)13(7-9)16-11-4-2-3-10(15)8-11/h5-7,11H,2-4,8H2,1H3. The maximum Gasteiger partial charge on any atom is 0.138 e. The van der Waals surface area contributed by atoms with Crippen molar-refractivity contribution in [3.05, 3.63) is 28.8 Å². The molecule has 0 N–H and O–H groups in total. The molecule has 0 amide bonds. The number of hydrogen-bond acceptors (Lipinski definition) is 2. The molecule has 0 heterocycles. The maximum atomic E-state index is 11.3. The van der Waals surface area contributed by atoms with Crippen molar-refractivity contribution in [2.24, 2.45) is 0 Å². The van der Waals surface area contributed by atoms with Crippen molar-refractivity contribution in [2.45, 2.75) is 38.7 Å². The largest absolute Gasteiger partial charge is 0.488 e. The van der Waals surface area contributed by atoms with Crippen LogP contribution in [0.1, 0.15) is 31.2 Å². The third-order valence-corrected chi connectivity index (χ3v) is 3.13. The van der Waals surface area contributed by atoms with Crippen molar-refractivity contribution in [3.63, 3.8) is 0 Å². The highest BCUT2D eigenvalue weighted by molar-refractivity contribution is 6.32. The summed E-state index contributed by atoms with van der Waals surface area (Å²) in [6, 6.07) is 5.69. The van der Waals surface area contributed by atoms with E-state index in [4.69, 9.17) is 16.3 Å². The summed E-state index contributed by atoms with van der Waals surface area (Å²) in [5.74, 6) is 0.987. The van der Waals surface area contributed by atoms with Gasteiger partial charge in [-0.1, -0.05) is 17.7 Å². The average Bonchev–Trinajstić information content (AvgIpc) is 2.24. The minimum absolute atomic E-state index is 0.000509. The quantitative estimate of drug-likeness (QED) is 0.788. The van der Waals surface area contributed by atoms with Gasteiger partial charge in [-0.2, -0.15) is 0 Å². The number of ether oxygens (including phenoxy) is 1. The Balaban J connectivity index is 2.08. The van der Waals surface area contributed by atoms with Crippen molar-refractivity contribution >= 4 is 17.4 Å². The lowest BCUT2D eigenvalue weighted by atomic mass is 9.96. The highest BCUT2D eigenvalue weighted by Crippen LogP contribution is 2.29. The molecule has 1 fully saturated rings. The van der Waals surface area contributed by atoms with E-state index in [2.05, 4.69) is 0 Å². The van der Waals surface area contributed by atoms with Gasteiger partial charge in [-0.05, 0) is 37.5 Å². The molecule has 86 valence electrons. The summed E-state index contributed by atoms with van der Waals surface area (Å²) < 4.78 is 5.78. The van der Waals surface area contributed by atoms with Crippen LogP contribution in [-0.2, 0) is 4.79 Å². The number of hydrogen-bond donors (Lipinski definition) is 0. The van der Waals surface area contributed by atoms with Crippen LogP contribution in [0.2, 0.25) is 5.02 Å². The van der Waals surface area contributed by atoms with Gasteiger partial charge in [-0.15, -0.1) is 0 Å². The van der Waals surface area contributed by atoms with E-state index in [1.807, 2.05) is 25.1 Å². The third-order valence-electron chi connectivity index (χ3n) is 2.82. The molecule has 0 radical (unpaired) electrons. The Labute approximate surface area is 101 Å². The van der Waals surface area contributed by atoms with Crippen molar-refractivity contribution in [1.82, 2.24) is 0 Å². The second-order valence-electron chi connectivity index (χ2n) is 4.31. The van der Waals surface area contributed by atoms with Crippen LogP contribution in [0.5, 0.6) is 5.75 Å². The van der Waals surface area contributed by atoms with Gasteiger partial charge in [0.1, 0.15) is 17.6 Å². The Kier molecular flexibility index (Phi) is 3.49. The van der Waals surface area contributed by atoms with Gasteiger partial charge in [0, 0.05) is 12.8 Å². The zero-order valence-electron chi connectivity index (χ0n) is 9.33. The maximum absolute atomic E-state index is 11.3. The smallest absolute Gasteiger partial charge is 0.138 e. The summed E-state index contributed by atoms with van der Waals surface area (Å²) in [6.07, 6.45) is 3.08. The van der Waals surface area contributed by atoms with Crippen molar-refractivity contribution in [1.29, 1.82) is 0 Å². The molecule has 3 heteroatoms. The third kappa shape index (κ3) is 2.76. The highest BCUT2D eigenvalue weighted by Gasteiger charge is 2.21. The number of benzene rings is 1. The fourth-order valence-electron chi connectivity index (χ4n) is 1.97. The summed E-state index contributed by atoms with van der Waals surface area (Å²) in [7, 11) is 0. The number of ketones is 1. The van der Waals surface area contributed by atoms with E-state index in [1.165, 1.54) is 0 Å². The molecule has 1 aliphatic rings. The number of carbonyl (C=O) groups excluding carboxylic acids is 1. The fourth-order valence-corrected chi connectivity index (χ4v) is 2.13.